The zero-order valence-corrected chi connectivity index (χ0v) is 8.38. The first-order valence-electron chi connectivity index (χ1n) is 4.64. The lowest BCUT2D eigenvalue weighted by atomic mass is 10.2. The highest BCUT2D eigenvalue weighted by atomic mass is 35.5. The van der Waals surface area contributed by atoms with Gasteiger partial charge in [0, 0.05) is 17.9 Å². The molecule has 1 fully saturated rings. The van der Waals surface area contributed by atoms with Gasteiger partial charge in [-0.05, 0) is 37.8 Å². The summed E-state index contributed by atoms with van der Waals surface area (Å²) in [7, 11) is 0. The highest BCUT2D eigenvalue weighted by molar-refractivity contribution is 6.29. The van der Waals surface area contributed by atoms with E-state index in [1.54, 1.807) is 6.20 Å². The van der Waals surface area contributed by atoms with Gasteiger partial charge in [-0.1, -0.05) is 11.6 Å². The first-order chi connectivity index (χ1) is 6.25. The molecule has 0 aliphatic heterocycles. The summed E-state index contributed by atoms with van der Waals surface area (Å²) >= 11 is 5.77. The van der Waals surface area contributed by atoms with Gasteiger partial charge in [-0.3, -0.25) is 0 Å². The molecule has 2 rings (SSSR count). The van der Waals surface area contributed by atoms with E-state index in [0.29, 0.717) is 11.2 Å². The van der Waals surface area contributed by atoms with Gasteiger partial charge < -0.3 is 5.32 Å². The summed E-state index contributed by atoms with van der Waals surface area (Å²) in [5.74, 6) is 0.854. The van der Waals surface area contributed by atoms with E-state index in [1.165, 1.54) is 12.8 Å². The third-order valence-corrected chi connectivity index (χ3v) is 2.66. The molecule has 1 unspecified atom stereocenters. The van der Waals surface area contributed by atoms with E-state index in [4.69, 9.17) is 11.6 Å². The molecule has 1 aromatic heterocycles. The first-order valence-corrected chi connectivity index (χ1v) is 5.01. The number of halogens is 1. The van der Waals surface area contributed by atoms with Crippen LogP contribution in [0.15, 0.2) is 18.3 Å². The second kappa shape index (κ2) is 3.54. The third-order valence-electron chi connectivity index (χ3n) is 2.45. The van der Waals surface area contributed by atoms with E-state index in [-0.39, 0.29) is 0 Å². The number of aromatic nitrogens is 1. The van der Waals surface area contributed by atoms with Crippen molar-refractivity contribution in [2.75, 3.05) is 5.32 Å². The molecule has 0 aromatic carbocycles. The maximum atomic E-state index is 5.77. The Bertz CT molecular complexity index is 297. The van der Waals surface area contributed by atoms with E-state index in [0.717, 1.165) is 11.6 Å². The van der Waals surface area contributed by atoms with Gasteiger partial charge in [0.2, 0.25) is 0 Å². The molecule has 1 atom stereocenters. The number of nitrogens with one attached hydrogen (secondary N) is 1. The fourth-order valence-corrected chi connectivity index (χ4v) is 1.64. The summed E-state index contributed by atoms with van der Waals surface area (Å²) in [5.41, 5.74) is 1.07. The molecule has 1 heterocycles. The Balaban J connectivity index is 2.00. The molecule has 1 aliphatic carbocycles. The summed E-state index contributed by atoms with van der Waals surface area (Å²) in [6.07, 6.45) is 4.43. The standard InChI is InChI=1S/C10H13ClN2/c1-7(8-2-3-8)13-9-4-5-12-10(11)6-9/h4-8H,2-3H2,1H3,(H,12,13). The van der Waals surface area contributed by atoms with Crippen molar-refractivity contribution < 1.29 is 0 Å². The normalized spacial score (nSPS) is 18.3. The minimum absolute atomic E-state index is 0.549. The quantitative estimate of drug-likeness (QED) is 0.752. The zero-order chi connectivity index (χ0) is 9.26. The third kappa shape index (κ3) is 2.34. The van der Waals surface area contributed by atoms with Crippen LogP contribution in [-0.4, -0.2) is 11.0 Å². The molecule has 70 valence electrons. The van der Waals surface area contributed by atoms with Gasteiger partial charge in [0.05, 0.1) is 0 Å². The highest BCUT2D eigenvalue weighted by Crippen LogP contribution is 2.33. The van der Waals surface area contributed by atoms with Crippen molar-refractivity contribution in [1.82, 2.24) is 4.98 Å². The molecular formula is C10H13ClN2. The lowest BCUT2D eigenvalue weighted by Crippen LogP contribution is -2.17. The van der Waals surface area contributed by atoms with Crippen LogP contribution in [0.5, 0.6) is 0 Å². The van der Waals surface area contributed by atoms with Crippen LogP contribution in [0.2, 0.25) is 5.15 Å². The number of nitrogens with zero attached hydrogens (tertiary/aromatic N) is 1. The van der Waals surface area contributed by atoms with Gasteiger partial charge in [0.25, 0.3) is 0 Å². The molecule has 1 aromatic rings. The topological polar surface area (TPSA) is 24.9 Å². The Labute approximate surface area is 83.3 Å². The summed E-state index contributed by atoms with van der Waals surface area (Å²) < 4.78 is 0. The number of rotatable bonds is 3. The molecule has 3 heteroatoms. The second-order valence-corrected chi connectivity index (χ2v) is 4.02. The lowest BCUT2D eigenvalue weighted by molar-refractivity contribution is 0.694. The molecule has 0 amide bonds. The molecule has 2 nitrogen and oxygen atoms in total. The van der Waals surface area contributed by atoms with Crippen molar-refractivity contribution >= 4 is 17.3 Å². The molecular weight excluding hydrogens is 184 g/mol. The van der Waals surface area contributed by atoms with Gasteiger partial charge in [-0.2, -0.15) is 0 Å². The minimum Gasteiger partial charge on any atom is -0.382 e. The molecule has 0 spiro atoms. The average molecular weight is 197 g/mol. The smallest absolute Gasteiger partial charge is 0.131 e. The SMILES string of the molecule is CC(Nc1ccnc(Cl)c1)C1CC1. The van der Waals surface area contributed by atoms with Crippen LogP contribution in [0.3, 0.4) is 0 Å². The van der Waals surface area contributed by atoms with Crippen molar-refractivity contribution in [3.63, 3.8) is 0 Å². The molecule has 13 heavy (non-hydrogen) atoms. The van der Waals surface area contributed by atoms with Gasteiger partial charge in [-0.25, -0.2) is 4.98 Å². The van der Waals surface area contributed by atoms with Crippen LogP contribution < -0.4 is 5.32 Å². The Hall–Kier alpha value is -0.760. The Morgan fingerprint density at radius 3 is 3.00 bits per heavy atom. The summed E-state index contributed by atoms with van der Waals surface area (Å²) in [6.45, 7) is 2.21. The minimum atomic E-state index is 0.549. The maximum Gasteiger partial charge on any atom is 0.131 e. The predicted octanol–water partition coefficient (Wildman–Crippen LogP) is 2.95. The van der Waals surface area contributed by atoms with E-state index < -0.39 is 0 Å². The zero-order valence-electron chi connectivity index (χ0n) is 7.63. The van der Waals surface area contributed by atoms with E-state index in [2.05, 4.69) is 17.2 Å². The molecule has 0 radical (unpaired) electrons. The first kappa shape index (κ1) is 8.82. The Morgan fingerprint density at radius 1 is 1.62 bits per heavy atom. The van der Waals surface area contributed by atoms with E-state index in [1.807, 2.05) is 12.1 Å². The van der Waals surface area contributed by atoms with Gasteiger partial charge in [0.15, 0.2) is 0 Å². The predicted molar refractivity (Wildman–Crippen MR) is 55.1 cm³/mol. The molecule has 0 saturated heterocycles. The number of hydrogen-bond donors (Lipinski definition) is 1. The Morgan fingerprint density at radius 2 is 2.38 bits per heavy atom. The highest BCUT2D eigenvalue weighted by Gasteiger charge is 2.27. The Kier molecular flexibility index (Phi) is 2.40. The number of pyridine rings is 1. The van der Waals surface area contributed by atoms with Crippen LogP contribution >= 0.6 is 11.6 Å². The maximum absolute atomic E-state index is 5.77. The summed E-state index contributed by atoms with van der Waals surface area (Å²) in [5, 5.41) is 3.97. The number of anilines is 1. The molecule has 1 aliphatic rings. The van der Waals surface area contributed by atoms with Crippen LogP contribution in [0.1, 0.15) is 19.8 Å². The largest absolute Gasteiger partial charge is 0.382 e. The van der Waals surface area contributed by atoms with Crippen LogP contribution in [0.4, 0.5) is 5.69 Å². The fourth-order valence-electron chi connectivity index (χ4n) is 1.47. The second-order valence-electron chi connectivity index (χ2n) is 3.64. The molecule has 0 bridgehead atoms. The van der Waals surface area contributed by atoms with Gasteiger partial charge in [0.1, 0.15) is 5.15 Å². The summed E-state index contributed by atoms with van der Waals surface area (Å²) in [4.78, 5) is 3.93. The average Bonchev–Trinajstić information content (AvgIpc) is 2.85. The fraction of sp³-hybridized carbons (Fsp3) is 0.500. The summed E-state index contributed by atoms with van der Waals surface area (Å²) in [6, 6.07) is 4.36. The van der Waals surface area contributed by atoms with Crippen molar-refractivity contribution in [1.29, 1.82) is 0 Å². The van der Waals surface area contributed by atoms with Crippen LogP contribution in [0.25, 0.3) is 0 Å². The van der Waals surface area contributed by atoms with Gasteiger partial charge >= 0.3 is 0 Å². The molecule has 1 N–H and O–H groups in total. The van der Waals surface area contributed by atoms with Gasteiger partial charge in [-0.15, -0.1) is 0 Å². The number of hydrogen-bond acceptors (Lipinski definition) is 2. The molecule has 1 saturated carbocycles. The monoisotopic (exact) mass is 196 g/mol. The van der Waals surface area contributed by atoms with Crippen molar-refractivity contribution in [2.24, 2.45) is 5.92 Å². The van der Waals surface area contributed by atoms with Crippen LogP contribution in [0, 0.1) is 5.92 Å². The lowest BCUT2D eigenvalue weighted by Gasteiger charge is -2.13. The van der Waals surface area contributed by atoms with Crippen LogP contribution in [-0.2, 0) is 0 Å². The van der Waals surface area contributed by atoms with E-state index >= 15 is 0 Å². The van der Waals surface area contributed by atoms with Crippen molar-refractivity contribution in [3.05, 3.63) is 23.5 Å². The van der Waals surface area contributed by atoms with E-state index in [9.17, 15) is 0 Å². The van der Waals surface area contributed by atoms with Crippen molar-refractivity contribution in [2.45, 2.75) is 25.8 Å². The van der Waals surface area contributed by atoms with Crippen molar-refractivity contribution in [3.8, 4) is 0 Å².